The molecule has 7 nitrogen and oxygen atoms in total. The summed E-state index contributed by atoms with van der Waals surface area (Å²) in [6.45, 7) is 1.06. The van der Waals surface area contributed by atoms with Crippen molar-refractivity contribution in [3.63, 3.8) is 0 Å². The van der Waals surface area contributed by atoms with Gasteiger partial charge < -0.3 is 10.6 Å². The minimum Gasteiger partial charge on any atom is -0.352 e. The zero-order chi connectivity index (χ0) is 17.6. The summed E-state index contributed by atoms with van der Waals surface area (Å²) in [5, 5.41) is 6.33. The van der Waals surface area contributed by atoms with Crippen LogP contribution in [-0.4, -0.2) is 44.8 Å². The second-order valence-electron chi connectivity index (χ2n) is 5.11. The third-order valence-corrected chi connectivity index (χ3v) is 6.56. The lowest BCUT2D eigenvalue weighted by Gasteiger charge is -2.11. The van der Waals surface area contributed by atoms with E-state index in [9.17, 15) is 8.42 Å². The standard InChI is InChI=1S/C15H21N5O2S2/c1-16-15(18-10-12-6-4-5-9-17-12)19-11-13-7-8-14(23-13)24(21,22)20(2)3/h4-9H,10-11H2,1-3H3,(H2,16,18,19). The van der Waals surface area contributed by atoms with Gasteiger partial charge in [0.2, 0.25) is 0 Å². The van der Waals surface area contributed by atoms with Crippen LogP contribution >= 0.6 is 11.3 Å². The summed E-state index contributed by atoms with van der Waals surface area (Å²) >= 11 is 1.25. The first-order chi connectivity index (χ1) is 11.4. The predicted octanol–water partition coefficient (Wildman–Crippen LogP) is 1.26. The Morgan fingerprint density at radius 1 is 1.21 bits per heavy atom. The van der Waals surface area contributed by atoms with Crippen molar-refractivity contribution >= 4 is 27.3 Å². The lowest BCUT2D eigenvalue weighted by atomic mass is 10.3. The molecule has 2 aromatic heterocycles. The van der Waals surface area contributed by atoms with Gasteiger partial charge in [-0.1, -0.05) is 6.07 Å². The minimum absolute atomic E-state index is 0.334. The van der Waals surface area contributed by atoms with Crippen LogP contribution in [0.15, 0.2) is 45.7 Å². The number of hydrogen-bond acceptors (Lipinski definition) is 5. The molecule has 0 aromatic carbocycles. The van der Waals surface area contributed by atoms with Gasteiger partial charge >= 0.3 is 0 Å². The molecule has 130 valence electrons. The van der Waals surface area contributed by atoms with Crippen molar-refractivity contribution in [3.05, 3.63) is 47.1 Å². The topological polar surface area (TPSA) is 86.7 Å². The number of sulfonamides is 1. The van der Waals surface area contributed by atoms with Gasteiger partial charge in [0.05, 0.1) is 18.8 Å². The number of nitrogens with one attached hydrogen (secondary N) is 2. The van der Waals surface area contributed by atoms with E-state index in [-0.39, 0.29) is 0 Å². The van der Waals surface area contributed by atoms with E-state index in [2.05, 4.69) is 20.6 Å². The van der Waals surface area contributed by atoms with Crippen LogP contribution in [0.2, 0.25) is 0 Å². The van der Waals surface area contributed by atoms with Gasteiger partial charge in [-0.3, -0.25) is 9.98 Å². The van der Waals surface area contributed by atoms with Gasteiger partial charge in [-0.15, -0.1) is 11.3 Å². The molecule has 0 atom stereocenters. The van der Waals surface area contributed by atoms with E-state index in [1.165, 1.54) is 29.7 Å². The predicted molar refractivity (Wildman–Crippen MR) is 96.5 cm³/mol. The highest BCUT2D eigenvalue weighted by Crippen LogP contribution is 2.23. The molecule has 0 aliphatic carbocycles. The first kappa shape index (κ1) is 18.4. The van der Waals surface area contributed by atoms with E-state index in [1.807, 2.05) is 18.2 Å². The third kappa shape index (κ3) is 4.76. The molecule has 9 heteroatoms. The summed E-state index contributed by atoms with van der Waals surface area (Å²) < 4.78 is 25.7. The number of nitrogens with zero attached hydrogens (tertiary/aromatic N) is 3. The van der Waals surface area contributed by atoms with Gasteiger partial charge in [-0.25, -0.2) is 12.7 Å². The molecule has 0 aliphatic rings. The molecular formula is C15H21N5O2S2. The average molecular weight is 368 g/mol. The van der Waals surface area contributed by atoms with Gasteiger partial charge in [0.25, 0.3) is 10.0 Å². The maximum absolute atomic E-state index is 12.1. The van der Waals surface area contributed by atoms with Crippen LogP contribution in [0.4, 0.5) is 0 Å². The van der Waals surface area contributed by atoms with Gasteiger partial charge in [0.1, 0.15) is 4.21 Å². The molecule has 0 saturated carbocycles. The SMILES string of the molecule is CN=C(NCc1ccccn1)NCc1ccc(S(=O)(=O)N(C)C)s1. The lowest BCUT2D eigenvalue weighted by Crippen LogP contribution is -2.36. The van der Waals surface area contributed by atoms with Crippen molar-refractivity contribution in [3.8, 4) is 0 Å². The Balaban J connectivity index is 1.91. The van der Waals surface area contributed by atoms with Crippen LogP contribution in [0.25, 0.3) is 0 Å². The fourth-order valence-corrected chi connectivity index (χ4v) is 4.30. The smallest absolute Gasteiger partial charge is 0.252 e. The summed E-state index contributed by atoms with van der Waals surface area (Å²) in [4.78, 5) is 9.30. The second-order valence-corrected chi connectivity index (χ2v) is 8.66. The molecule has 0 unspecified atom stereocenters. The minimum atomic E-state index is -3.38. The van der Waals surface area contributed by atoms with Crippen molar-refractivity contribution in [2.45, 2.75) is 17.3 Å². The first-order valence-electron chi connectivity index (χ1n) is 7.29. The second kappa shape index (κ2) is 8.22. The Kier molecular flexibility index (Phi) is 6.29. The highest BCUT2D eigenvalue weighted by molar-refractivity contribution is 7.91. The number of guanidine groups is 1. The van der Waals surface area contributed by atoms with E-state index in [0.29, 0.717) is 23.3 Å². The monoisotopic (exact) mass is 367 g/mol. The molecule has 0 amide bonds. The van der Waals surface area contributed by atoms with Crippen molar-refractivity contribution in [2.24, 2.45) is 4.99 Å². The van der Waals surface area contributed by atoms with Crippen LogP contribution < -0.4 is 10.6 Å². The van der Waals surface area contributed by atoms with Crippen molar-refractivity contribution in [1.29, 1.82) is 0 Å². The number of aliphatic imine (C=N–C) groups is 1. The molecular weight excluding hydrogens is 346 g/mol. The van der Waals surface area contributed by atoms with Crippen molar-refractivity contribution < 1.29 is 8.42 Å². The quantitative estimate of drug-likeness (QED) is 0.593. The summed E-state index contributed by atoms with van der Waals surface area (Å²) in [5.41, 5.74) is 0.913. The zero-order valence-corrected chi connectivity index (χ0v) is 15.5. The molecule has 0 radical (unpaired) electrons. The summed E-state index contributed by atoms with van der Waals surface area (Å²) in [7, 11) is 1.36. The lowest BCUT2D eigenvalue weighted by molar-refractivity contribution is 0.523. The summed E-state index contributed by atoms with van der Waals surface area (Å²) in [6, 6.07) is 9.16. The van der Waals surface area contributed by atoms with Crippen LogP contribution in [0.1, 0.15) is 10.6 Å². The largest absolute Gasteiger partial charge is 0.352 e. The van der Waals surface area contributed by atoms with Gasteiger partial charge in [-0.05, 0) is 24.3 Å². The molecule has 0 bridgehead atoms. The molecule has 0 aliphatic heterocycles. The van der Waals surface area contributed by atoms with E-state index < -0.39 is 10.0 Å². The number of pyridine rings is 1. The Hall–Kier alpha value is -1.97. The Bertz CT molecular complexity index is 785. The Labute approximate surface area is 146 Å². The van der Waals surface area contributed by atoms with Crippen LogP contribution in [-0.2, 0) is 23.1 Å². The van der Waals surface area contributed by atoms with E-state index in [1.54, 1.807) is 25.4 Å². The third-order valence-electron chi connectivity index (χ3n) is 3.19. The molecule has 0 saturated heterocycles. The number of rotatable bonds is 6. The van der Waals surface area contributed by atoms with Gasteiger partial charge in [0, 0.05) is 32.2 Å². The molecule has 0 fully saturated rings. The maximum Gasteiger partial charge on any atom is 0.252 e. The average Bonchev–Trinajstić information content (AvgIpc) is 3.05. The highest BCUT2D eigenvalue weighted by Gasteiger charge is 2.19. The molecule has 2 aromatic rings. The zero-order valence-electron chi connectivity index (χ0n) is 13.9. The normalized spacial score (nSPS) is 12.4. The molecule has 0 spiro atoms. The van der Waals surface area contributed by atoms with Crippen molar-refractivity contribution in [1.82, 2.24) is 19.9 Å². The first-order valence-corrected chi connectivity index (χ1v) is 9.55. The van der Waals surface area contributed by atoms with Crippen molar-refractivity contribution in [2.75, 3.05) is 21.1 Å². The van der Waals surface area contributed by atoms with Crippen LogP contribution in [0.5, 0.6) is 0 Å². The number of hydrogen-bond donors (Lipinski definition) is 2. The van der Waals surface area contributed by atoms with Crippen LogP contribution in [0, 0.1) is 0 Å². The number of aromatic nitrogens is 1. The fourth-order valence-electron chi connectivity index (χ4n) is 1.84. The van der Waals surface area contributed by atoms with E-state index in [0.717, 1.165) is 10.6 Å². The number of thiophene rings is 1. The van der Waals surface area contributed by atoms with E-state index in [4.69, 9.17) is 0 Å². The fraction of sp³-hybridized carbons (Fsp3) is 0.333. The Morgan fingerprint density at radius 3 is 2.58 bits per heavy atom. The summed E-state index contributed by atoms with van der Waals surface area (Å²) in [5.74, 6) is 0.631. The molecule has 2 heterocycles. The maximum atomic E-state index is 12.1. The van der Waals surface area contributed by atoms with E-state index >= 15 is 0 Å². The Morgan fingerprint density at radius 2 is 1.96 bits per heavy atom. The summed E-state index contributed by atoms with van der Waals surface area (Å²) in [6.07, 6.45) is 1.74. The van der Waals surface area contributed by atoms with Gasteiger partial charge in [-0.2, -0.15) is 0 Å². The molecule has 2 rings (SSSR count). The highest BCUT2D eigenvalue weighted by atomic mass is 32.2. The molecule has 2 N–H and O–H groups in total. The molecule has 24 heavy (non-hydrogen) atoms. The van der Waals surface area contributed by atoms with Crippen LogP contribution in [0.3, 0.4) is 0 Å². The van der Waals surface area contributed by atoms with Gasteiger partial charge in [0.15, 0.2) is 5.96 Å².